The molecule has 1 heterocycles. The molecule has 0 fully saturated rings. The molecule has 36 heavy (non-hydrogen) atoms. The average Bonchev–Trinajstić information content (AvgIpc) is 2.87. The Labute approximate surface area is 211 Å². The van der Waals surface area contributed by atoms with Crippen LogP contribution in [0.4, 0.5) is 11.4 Å². The lowest BCUT2D eigenvalue weighted by Crippen LogP contribution is -2.52. The molecule has 0 saturated heterocycles. The zero-order valence-corrected chi connectivity index (χ0v) is 20.9. The first-order chi connectivity index (χ1) is 17.2. The van der Waals surface area contributed by atoms with Gasteiger partial charge in [-0.05, 0) is 54.8 Å². The molecule has 4 rings (SSSR count). The molecular formula is C29H32N4O3. The van der Waals surface area contributed by atoms with Crippen molar-refractivity contribution in [3.63, 3.8) is 0 Å². The predicted octanol–water partition coefficient (Wildman–Crippen LogP) is 3.92. The molecular weight excluding hydrogens is 452 g/mol. The highest BCUT2D eigenvalue weighted by Gasteiger charge is 2.37. The molecule has 0 aromatic heterocycles. The summed E-state index contributed by atoms with van der Waals surface area (Å²) in [5, 5.41) is 5.83. The molecule has 3 aromatic carbocycles. The zero-order valence-electron chi connectivity index (χ0n) is 20.9. The van der Waals surface area contributed by atoms with Gasteiger partial charge in [-0.1, -0.05) is 61.9 Å². The molecule has 1 unspecified atom stereocenters. The molecule has 0 bridgehead atoms. The molecule has 1 aliphatic heterocycles. The smallest absolute Gasteiger partial charge is 0.259 e. The lowest BCUT2D eigenvalue weighted by molar-refractivity contribution is -0.117. The Morgan fingerprint density at radius 1 is 1.00 bits per heavy atom. The van der Waals surface area contributed by atoms with Crippen LogP contribution in [0.25, 0.3) is 0 Å². The van der Waals surface area contributed by atoms with Crippen molar-refractivity contribution in [3.8, 4) is 0 Å². The van der Waals surface area contributed by atoms with E-state index in [2.05, 4.69) is 10.6 Å². The molecule has 0 spiro atoms. The van der Waals surface area contributed by atoms with Gasteiger partial charge in [-0.25, -0.2) is 0 Å². The largest absolute Gasteiger partial charge is 0.351 e. The number of hydrogen-bond donors (Lipinski definition) is 3. The number of anilines is 2. The number of carbonyl (C=O) groups is 3. The highest BCUT2D eigenvalue weighted by molar-refractivity contribution is 6.17. The fourth-order valence-electron chi connectivity index (χ4n) is 4.17. The molecule has 186 valence electrons. The Balaban J connectivity index is 1.70. The Hall–Kier alpha value is -3.97. The van der Waals surface area contributed by atoms with Gasteiger partial charge in [0, 0.05) is 24.1 Å². The van der Waals surface area contributed by atoms with E-state index in [1.165, 1.54) is 0 Å². The van der Waals surface area contributed by atoms with Gasteiger partial charge < -0.3 is 16.4 Å². The summed E-state index contributed by atoms with van der Waals surface area (Å²) in [5.74, 6) is -0.830. The van der Waals surface area contributed by atoms with Crippen LogP contribution in [-0.2, 0) is 11.2 Å². The summed E-state index contributed by atoms with van der Waals surface area (Å²) in [6.07, 6.45) is 0.361. The van der Waals surface area contributed by atoms with Gasteiger partial charge >= 0.3 is 0 Å². The van der Waals surface area contributed by atoms with Crippen molar-refractivity contribution in [3.05, 3.63) is 95.1 Å². The maximum absolute atomic E-state index is 13.8. The number of benzene rings is 3. The van der Waals surface area contributed by atoms with Crippen LogP contribution < -0.4 is 21.3 Å². The second kappa shape index (κ2) is 10.3. The maximum atomic E-state index is 13.8. The molecule has 0 aliphatic carbocycles. The molecule has 4 N–H and O–H groups in total. The van der Waals surface area contributed by atoms with Crippen molar-refractivity contribution in [1.82, 2.24) is 5.32 Å². The van der Waals surface area contributed by atoms with Crippen molar-refractivity contribution in [2.45, 2.75) is 33.2 Å². The minimum atomic E-state index is -0.738. The standard InChI is InChI=1S/C29H32N4O3/c1-19-8-7-11-22(14-19)28(36)33-24-13-12-21(26(34)31-18-29(2,3)17-30)16-23(24)32-27(35)25(33)15-20-9-5-4-6-10-20/h4-14,16,25H,15,17-18,30H2,1-3H3,(H,31,34)(H,32,35). The predicted molar refractivity (Wildman–Crippen MR) is 142 cm³/mol. The highest BCUT2D eigenvalue weighted by atomic mass is 16.2. The SMILES string of the molecule is Cc1cccc(C(=O)N2c3ccc(C(=O)NCC(C)(C)CN)cc3NC(=O)C2Cc2ccccc2)c1. The molecule has 1 atom stereocenters. The van der Waals surface area contributed by atoms with Gasteiger partial charge in [0.2, 0.25) is 5.91 Å². The van der Waals surface area contributed by atoms with E-state index in [4.69, 9.17) is 5.73 Å². The minimum absolute atomic E-state index is 0.236. The fraction of sp³-hybridized carbons (Fsp3) is 0.276. The van der Waals surface area contributed by atoms with E-state index in [0.717, 1.165) is 11.1 Å². The van der Waals surface area contributed by atoms with Gasteiger partial charge in [-0.2, -0.15) is 0 Å². The van der Waals surface area contributed by atoms with Gasteiger partial charge in [-0.3, -0.25) is 19.3 Å². The maximum Gasteiger partial charge on any atom is 0.259 e. The number of nitrogens with zero attached hydrogens (tertiary/aromatic N) is 1. The quantitative estimate of drug-likeness (QED) is 0.473. The molecule has 7 heteroatoms. The van der Waals surface area contributed by atoms with E-state index in [-0.39, 0.29) is 23.1 Å². The number of hydrogen-bond acceptors (Lipinski definition) is 4. The van der Waals surface area contributed by atoms with E-state index in [9.17, 15) is 14.4 Å². The number of carbonyl (C=O) groups excluding carboxylic acids is 3. The summed E-state index contributed by atoms with van der Waals surface area (Å²) in [7, 11) is 0. The van der Waals surface area contributed by atoms with Crippen molar-refractivity contribution >= 4 is 29.1 Å². The van der Waals surface area contributed by atoms with E-state index < -0.39 is 6.04 Å². The van der Waals surface area contributed by atoms with Crippen LogP contribution in [0, 0.1) is 12.3 Å². The van der Waals surface area contributed by atoms with Crippen LogP contribution in [0.3, 0.4) is 0 Å². The van der Waals surface area contributed by atoms with E-state index in [1.807, 2.05) is 69.3 Å². The Kier molecular flexibility index (Phi) is 7.22. The van der Waals surface area contributed by atoms with Crippen LogP contribution in [0.15, 0.2) is 72.8 Å². The van der Waals surface area contributed by atoms with Gasteiger partial charge in [0.05, 0.1) is 11.4 Å². The van der Waals surface area contributed by atoms with Crippen molar-refractivity contribution < 1.29 is 14.4 Å². The first-order valence-electron chi connectivity index (χ1n) is 12.1. The molecule has 3 aromatic rings. The third-order valence-corrected chi connectivity index (χ3v) is 6.43. The second-order valence-electron chi connectivity index (χ2n) is 10.0. The normalized spacial score (nSPS) is 15.2. The number of rotatable bonds is 7. The monoisotopic (exact) mass is 484 g/mol. The molecule has 3 amide bonds. The first kappa shape index (κ1) is 25.1. The summed E-state index contributed by atoms with van der Waals surface area (Å²) in [4.78, 5) is 41.5. The second-order valence-corrected chi connectivity index (χ2v) is 10.0. The number of nitrogens with two attached hydrogens (primary N) is 1. The summed E-state index contributed by atoms with van der Waals surface area (Å²) >= 11 is 0. The van der Waals surface area contributed by atoms with Crippen LogP contribution in [0.1, 0.15) is 45.7 Å². The Morgan fingerprint density at radius 2 is 1.75 bits per heavy atom. The lowest BCUT2D eigenvalue weighted by Gasteiger charge is -2.37. The van der Waals surface area contributed by atoms with Crippen LogP contribution in [0.5, 0.6) is 0 Å². The van der Waals surface area contributed by atoms with Crippen LogP contribution in [-0.4, -0.2) is 36.9 Å². The topological polar surface area (TPSA) is 105 Å². The Morgan fingerprint density at radius 3 is 2.44 bits per heavy atom. The van der Waals surface area contributed by atoms with E-state index in [1.54, 1.807) is 29.2 Å². The summed E-state index contributed by atoms with van der Waals surface area (Å²) in [6.45, 7) is 6.73. The molecule has 0 radical (unpaired) electrons. The lowest BCUT2D eigenvalue weighted by atomic mass is 9.94. The highest BCUT2D eigenvalue weighted by Crippen LogP contribution is 2.35. The summed E-state index contributed by atoms with van der Waals surface area (Å²) in [5.41, 5.74) is 9.31. The van der Waals surface area contributed by atoms with Gasteiger partial charge in [0.1, 0.15) is 6.04 Å². The van der Waals surface area contributed by atoms with Gasteiger partial charge in [0.25, 0.3) is 11.8 Å². The minimum Gasteiger partial charge on any atom is -0.351 e. The average molecular weight is 485 g/mol. The van der Waals surface area contributed by atoms with Gasteiger partial charge in [0.15, 0.2) is 0 Å². The summed E-state index contributed by atoms with van der Waals surface area (Å²) < 4.78 is 0. The number of nitrogens with one attached hydrogen (secondary N) is 2. The molecule has 1 aliphatic rings. The van der Waals surface area contributed by atoms with Crippen molar-refractivity contribution in [2.24, 2.45) is 11.1 Å². The number of fused-ring (bicyclic) bond motifs is 1. The fourth-order valence-corrected chi connectivity index (χ4v) is 4.17. The Bertz CT molecular complexity index is 1290. The van der Waals surface area contributed by atoms with Crippen LogP contribution >= 0.6 is 0 Å². The summed E-state index contributed by atoms with van der Waals surface area (Å²) in [6, 6.07) is 21.2. The van der Waals surface area contributed by atoms with Gasteiger partial charge in [-0.15, -0.1) is 0 Å². The van der Waals surface area contributed by atoms with E-state index in [0.29, 0.717) is 42.0 Å². The molecule has 7 nitrogen and oxygen atoms in total. The number of aryl methyl sites for hydroxylation is 1. The van der Waals surface area contributed by atoms with Crippen molar-refractivity contribution in [1.29, 1.82) is 0 Å². The first-order valence-corrected chi connectivity index (χ1v) is 12.1. The van der Waals surface area contributed by atoms with E-state index >= 15 is 0 Å². The van der Waals surface area contributed by atoms with Crippen molar-refractivity contribution in [2.75, 3.05) is 23.3 Å². The molecule has 0 saturated carbocycles. The third-order valence-electron chi connectivity index (χ3n) is 6.43. The zero-order chi connectivity index (χ0) is 25.9. The van der Waals surface area contributed by atoms with Crippen LogP contribution in [0.2, 0.25) is 0 Å². The third kappa shape index (κ3) is 5.47. The number of amides is 3.